The number of hydrogen-bond acceptors (Lipinski definition) is 2. The van der Waals surface area contributed by atoms with Crippen molar-refractivity contribution in [2.24, 2.45) is 0 Å². The van der Waals surface area contributed by atoms with Crippen LogP contribution in [0.25, 0.3) is 11.3 Å². The van der Waals surface area contributed by atoms with Crippen molar-refractivity contribution in [2.45, 2.75) is 0 Å². The summed E-state index contributed by atoms with van der Waals surface area (Å²) in [5.41, 5.74) is 1.21. The number of pyridine rings is 1. The van der Waals surface area contributed by atoms with Gasteiger partial charge in [-0.05, 0) is 24.3 Å². The van der Waals surface area contributed by atoms with Crippen molar-refractivity contribution in [3.05, 3.63) is 48.4 Å². The van der Waals surface area contributed by atoms with E-state index in [0.29, 0.717) is 11.3 Å². The Balaban J connectivity index is 2.52. The molecule has 70 valence electrons. The van der Waals surface area contributed by atoms with Gasteiger partial charge in [-0.15, -0.1) is 0 Å². The molecular formula is C11H8FNO. The second-order valence-electron chi connectivity index (χ2n) is 2.91. The summed E-state index contributed by atoms with van der Waals surface area (Å²) in [5, 5.41) is 9.19. The van der Waals surface area contributed by atoms with Crippen molar-refractivity contribution in [1.82, 2.24) is 4.98 Å². The molecule has 0 bridgehead atoms. The first-order valence-electron chi connectivity index (χ1n) is 4.17. The third-order valence-electron chi connectivity index (χ3n) is 1.84. The van der Waals surface area contributed by atoms with Gasteiger partial charge in [-0.1, -0.05) is 6.07 Å². The topological polar surface area (TPSA) is 33.1 Å². The number of halogens is 1. The number of phenols is 1. The van der Waals surface area contributed by atoms with Gasteiger partial charge in [-0.25, -0.2) is 4.39 Å². The zero-order valence-electron chi connectivity index (χ0n) is 7.31. The fourth-order valence-electron chi connectivity index (χ4n) is 1.26. The van der Waals surface area contributed by atoms with Gasteiger partial charge in [0.05, 0.1) is 5.69 Å². The molecule has 0 aliphatic rings. The third-order valence-corrected chi connectivity index (χ3v) is 1.84. The van der Waals surface area contributed by atoms with Crippen LogP contribution < -0.4 is 0 Å². The maximum Gasteiger partial charge on any atom is 0.127 e. The minimum atomic E-state index is -0.467. The molecule has 1 N–H and O–H groups in total. The van der Waals surface area contributed by atoms with E-state index < -0.39 is 5.82 Å². The fourth-order valence-corrected chi connectivity index (χ4v) is 1.26. The van der Waals surface area contributed by atoms with Gasteiger partial charge in [0.1, 0.15) is 11.6 Å². The SMILES string of the molecule is Oc1cc(F)cc(-c2ccccn2)c1. The molecule has 1 heterocycles. The van der Waals surface area contributed by atoms with Gasteiger partial charge in [0.15, 0.2) is 0 Å². The van der Waals surface area contributed by atoms with Crippen LogP contribution in [0.4, 0.5) is 4.39 Å². The first-order valence-corrected chi connectivity index (χ1v) is 4.17. The highest BCUT2D eigenvalue weighted by Crippen LogP contribution is 2.22. The van der Waals surface area contributed by atoms with Crippen molar-refractivity contribution in [3.8, 4) is 17.0 Å². The van der Waals surface area contributed by atoms with Crippen LogP contribution in [0.5, 0.6) is 5.75 Å². The monoisotopic (exact) mass is 189 g/mol. The van der Waals surface area contributed by atoms with Crippen LogP contribution in [0, 0.1) is 5.82 Å². The van der Waals surface area contributed by atoms with E-state index in [2.05, 4.69) is 4.98 Å². The molecule has 0 saturated carbocycles. The molecule has 2 aromatic rings. The Morgan fingerprint density at radius 3 is 2.64 bits per heavy atom. The van der Waals surface area contributed by atoms with Gasteiger partial charge in [0.2, 0.25) is 0 Å². The maximum atomic E-state index is 12.9. The minimum absolute atomic E-state index is 0.0920. The number of aromatic nitrogens is 1. The Labute approximate surface area is 80.7 Å². The predicted molar refractivity (Wildman–Crippen MR) is 51.3 cm³/mol. The smallest absolute Gasteiger partial charge is 0.127 e. The normalized spacial score (nSPS) is 10.1. The average Bonchev–Trinajstić information content (AvgIpc) is 2.18. The number of rotatable bonds is 1. The van der Waals surface area contributed by atoms with E-state index in [1.54, 1.807) is 18.3 Å². The Morgan fingerprint density at radius 1 is 1.14 bits per heavy atom. The molecule has 0 amide bonds. The van der Waals surface area contributed by atoms with Gasteiger partial charge < -0.3 is 5.11 Å². The second kappa shape index (κ2) is 3.46. The standard InChI is InChI=1S/C11H8FNO/c12-9-5-8(6-10(14)7-9)11-3-1-2-4-13-11/h1-7,14H. The van der Waals surface area contributed by atoms with Crippen molar-refractivity contribution in [3.63, 3.8) is 0 Å². The molecule has 0 atom stereocenters. The lowest BCUT2D eigenvalue weighted by Crippen LogP contribution is -1.83. The van der Waals surface area contributed by atoms with Crippen LogP contribution in [0.1, 0.15) is 0 Å². The van der Waals surface area contributed by atoms with E-state index in [4.69, 9.17) is 0 Å². The Hall–Kier alpha value is -1.90. The number of benzene rings is 1. The lowest BCUT2D eigenvalue weighted by molar-refractivity contribution is 0.469. The van der Waals surface area contributed by atoms with Gasteiger partial charge in [0.25, 0.3) is 0 Å². The van der Waals surface area contributed by atoms with E-state index >= 15 is 0 Å². The number of phenolic OH excluding ortho intramolecular Hbond substituents is 1. The maximum absolute atomic E-state index is 12.9. The highest BCUT2D eigenvalue weighted by molar-refractivity contribution is 5.60. The van der Waals surface area contributed by atoms with Gasteiger partial charge in [-0.3, -0.25) is 4.98 Å². The zero-order valence-corrected chi connectivity index (χ0v) is 7.31. The van der Waals surface area contributed by atoms with Crippen LogP contribution >= 0.6 is 0 Å². The Kier molecular flexibility index (Phi) is 2.14. The molecule has 0 radical (unpaired) electrons. The zero-order chi connectivity index (χ0) is 9.97. The molecule has 14 heavy (non-hydrogen) atoms. The van der Waals surface area contributed by atoms with Gasteiger partial charge >= 0.3 is 0 Å². The summed E-state index contributed by atoms with van der Waals surface area (Å²) in [6.07, 6.45) is 1.62. The van der Waals surface area contributed by atoms with E-state index in [9.17, 15) is 9.50 Å². The van der Waals surface area contributed by atoms with Crippen molar-refractivity contribution >= 4 is 0 Å². The summed E-state index contributed by atoms with van der Waals surface area (Å²) in [6.45, 7) is 0. The number of nitrogens with zero attached hydrogens (tertiary/aromatic N) is 1. The van der Waals surface area contributed by atoms with E-state index in [1.165, 1.54) is 12.1 Å². The predicted octanol–water partition coefficient (Wildman–Crippen LogP) is 2.59. The molecule has 3 heteroatoms. The average molecular weight is 189 g/mol. The van der Waals surface area contributed by atoms with E-state index in [0.717, 1.165) is 6.07 Å². The Morgan fingerprint density at radius 2 is 2.00 bits per heavy atom. The van der Waals surface area contributed by atoms with E-state index in [1.807, 2.05) is 6.07 Å². The summed E-state index contributed by atoms with van der Waals surface area (Å²) < 4.78 is 12.9. The molecule has 0 aliphatic heterocycles. The van der Waals surface area contributed by atoms with Crippen LogP contribution in [-0.2, 0) is 0 Å². The van der Waals surface area contributed by atoms with Crippen LogP contribution in [-0.4, -0.2) is 10.1 Å². The summed E-state index contributed by atoms with van der Waals surface area (Å²) in [5.74, 6) is -0.559. The molecule has 0 saturated heterocycles. The van der Waals surface area contributed by atoms with Crippen molar-refractivity contribution in [2.75, 3.05) is 0 Å². The summed E-state index contributed by atoms with van der Waals surface area (Å²) in [7, 11) is 0. The molecule has 0 fully saturated rings. The Bertz CT molecular complexity index is 422. The highest BCUT2D eigenvalue weighted by atomic mass is 19.1. The van der Waals surface area contributed by atoms with Gasteiger partial charge in [0, 0.05) is 17.8 Å². The summed E-state index contributed by atoms with van der Waals surface area (Å²) in [6, 6.07) is 9.22. The third kappa shape index (κ3) is 1.71. The lowest BCUT2D eigenvalue weighted by Gasteiger charge is -2.01. The summed E-state index contributed by atoms with van der Waals surface area (Å²) in [4.78, 5) is 4.05. The van der Waals surface area contributed by atoms with Crippen molar-refractivity contribution in [1.29, 1.82) is 0 Å². The molecule has 0 unspecified atom stereocenters. The van der Waals surface area contributed by atoms with Crippen LogP contribution in [0.3, 0.4) is 0 Å². The first kappa shape index (κ1) is 8.69. The molecule has 0 spiro atoms. The molecular weight excluding hydrogens is 181 g/mol. The molecule has 2 nitrogen and oxygen atoms in total. The quantitative estimate of drug-likeness (QED) is 0.747. The largest absolute Gasteiger partial charge is 0.508 e. The number of aromatic hydroxyl groups is 1. The van der Waals surface area contributed by atoms with Crippen LogP contribution in [0.15, 0.2) is 42.6 Å². The highest BCUT2D eigenvalue weighted by Gasteiger charge is 2.02. The fraction of sp³-hybridized carbons (Fsp3) is 0. The van der Waals surface area contributed by atoms with Crippen LogP contribution in [0.2, 0.25) is 0 Å². The second-order valence-corrected chi connectivity index (χ2v) is 2.91. The summed E-state index contributed by atoms with van der Waals surface area (Å²) >= 11 is 0. The minimum Gasteiger partial charge on any atom is -0.508 e. The molecule has 2 rings (SSSR count). The van der Waals surface area contributed by atoms with Crippen molar-refractivity contribution < 1.29 is 9.50 Å². The molecule has 1 aromatic heterocycles. The number of hydrogen-bond donors (Lipinski definition) is 1. The molecule has 1 aromatic carbocycles. The first-order chi connectivity index (χ1) is 6.75. The molecule has 0 aliphatic carbocycles. The lowest BCUT2D eigenvalue weighted by atomic mass is 10.1. The van der Waals surface area contributed by atoms with Gasteiger partial charge in [-0.2, -0.15) is 0 Å². The van der Waals surface area contributed by atoms with E-state index in [-0.39, 0.29) is 5.75 Å².